The van der Waals surface area contributed by atoms with Crippen molar-refractivity contribution < 1.29 is 18.0 Å². The number of hydrogen-bond donors (Lipinski definition) is 0. The number of amides is 1. The van der Waals surface area contributed by atoms with Crippen LogP contribution in [0.5, 0.6) is 0 Å². The third-order valence-corrected chi connectivity index (χ3v) is 5.53. The molecule has 3 rings (SSSR count). The summed E-state index contributed by atoms with van der Waals surface area (Å²) in [5.74, 6) is -0.109. The number of carbonyl (C=O) groups is 1. The van der Waals surface area contributed by atoms with E-state index in [1.165, 1.54) is 10.9 Å². The van der Waals surface area contributed by atoms with E-state index in [1.807, 2.05) is 6.07 Å². The minimum atomic E-state index is -4.38. The Bertz CT molecular complexity index is 723. The second kappa shape index (κ2) is 8.22. The monoisotopic (exact) mass is 382 g/mol. The molecule has 0 atom stereocenters. The van der Waals surface area contributed by atoms with Gasteiger partial charge in [0.1, 0.15) is 0 Å². The number of benzene rings is 1. The van der Waals surface area contributed by atoms with Crippen molar-refractivity contribution in [3.63, 3.8) is 0 Å². The molecular weight excluding hydrogens is 361 g/mol. The van der Waals surface area contributed by atoms with Crippen LogP contribution in [0.3, 0.4) is 0 Å². The van der Waals surface area contributed by atoms with Crippen molar-refractivity contribution in [2.24, 2.45) is 0 Å². The lowest BCUT2D eigenvalue weighted by Crippen LogP contribution is -2.49. The maximum atomic E-state index is 12.8. The first-order valence-electron chi connectivity index (χ1n) is 8.60. The van der Waals surface area contributed by atoms with Gasteiger partial charge in [-0.15, -0.1) is 11.3 Å². The fourth-order valence-electron chi connectivity index (χ4n) is 3.09. The maximum Gasteiger partial charge on any atom is 0.416 e. The SMILES string of the molecule is O=C(Cc1cccc(C(F)(F)F)c1)N1CCN(CCc2cccs2)CC1. The van der Waals surface area contributed by atoms with Gasteiger partial charge in [-0.3, -0.25) is 9.69 Å². The first-order valence-corrected chi connectivity index (χ1v) is 9.48. The highest BCUT2D eigenvalue weighted by Gasteiger charge is 2.30. The molecule has 1 aromatic heterocycles. The largest absolute Gasteiger partial charge is 0.416 e. The quantitative estimate of drug-likeness (QED) is 0.787. The van der Waals surface area contributed by atoms with Crippen LogP contribution in [0.2, 0.25) is 0 Å². The molecule has 1 aliphatic heterocycles. The molecule has 26 heavy (non-hydrogen) atoms. The standard InChI is InChI=1S/C19H21F3N2OS/c20-19(21,22)16-4-1-3-15(13-16)14-18(25)24-10-8-23(9-11-24)7-6-17-5-2-12-26-17/h1-5,12-13H,6-11,14H2. The molecule has 0 saturated carbocycles. The van der Waals surface area contributed by atoms with Crippen LogP contribution in [0.1, 0.15) is 16.0 Å². The molecule has 0 spiro atoms. The molecule has 2 heterocycles. The topological polar surface area (TPSA) is 23.6 Å². The van der Waals surface area contributed by atoms with Crippen molar-refractivity contribution >= 4 is 17.2 Å². The minimum Gasteiger partial charge on any atom is -0.340 e. The van der Waals surface area contributed by atoms with Crippen molar-refractivity contribution in [3.8, 4) is 0 Å². The molecule has 1 aliphatic rings. The van der Waals surface area contributed by atoms with Crippen LogP contribution in [0.4, 0.5) is 13.2 Å². The van der Waals surface area contributed by atoms with Gasteiger partial charge in [-0.05, 0) is 29.5 Å². The minimum absolute atomic E-state index is 0.0130. The van der Waals surface area contributed by atoms with Crippen molar-refractivity contribution in [1.82, 2.24) is 9.80 Å². The summed E-state index contributed by atoms with van der Waals surface area (Å²) < 4.78 is 38.3. The molecule has 1 saturated heterocycles. The van der Waals surface area contributed by atoms with Crippen LogP contribution >= 0.6 is 11.3 Å². The van der Waals surface area contributed by atoms with Crippen LogP contribution < -0.4 is 0 Å². The Labute approximate surface area is 155 Å². The molecule has 1 amide bonds. The number of carbonyl (C=O) groups excluding carboxylic acids is 1. The van der Waals surface area contributed by atoms with E-state index >= 15 is 0 Å². The third kappa shape index (κ3) is 5.08. The van der Waals surface area contributed by atoms with E-state index in [9.17, 15) is 18.0 Å². The summed E-state index contributed by atoms with van der Waals surface area (Å²) in [4.78, 5) is 17.8. The van der Waals surface area contributed by atoms with Gasteiger partial charge in [-0.1, -0.05) is 24.3 Å². The molecule has 0 unspecified atom stereocenters. The number of piperazine rings is 1. The highest BCUT2D eigenvalue weighted by molar-refractivity contribution is 7.09. The summed E-state index contributed by atoms with van der Waals surface area (Å²) in [5, 5.41) is 2.07. The maximum absolute atomic E-state index is 12.8. The zero-order valence-corrected chi connectivity index (χ0v) is 15.2. The summed E-state index contributed by atoms with van der Waals surface area (Å²) in [5.41, 5.74) is -0.300. The number of rotatable bonds is 5. The zero-order chi connectivity index (χ0) is 18.6. The summed E-state index contributed by atoms with van der Waals surface area (Å²) >= 11 is 1.75. The molecule has 3 nitrogen and oxygen atoms in total. The van der Waals surface area contributed by atoms with Crippen LogP contribution in [0, 0.1) is 0 Å². The second-order valence-electron chi connectivity index (χ2n) is 6.43. The number of alkyl halides is 3. The normalized spacial score (nSPS) is 16.0. The van der Waals surface area contributed by atoms with Gasteiger partial charge in [-0.25, -0.2) is 0 Å². The van der Waals surface area contributed by atoms with Gasteiger partial charge in [0.05, 0.1) is 12.0 Å². The molecule has 0 bridgehead atoms. The summed E-state index contributed by atoms with van der Waals surface area (Å²) in [6.45, 7) is 3.83. The summed E-state index contributed by atoms with van der Waals surface area (Å²) in [6.07, 6.45) is -3.36. The van der Waals surface area contributed by atoms with E-state index in [4.69, 9.17) is 0 Å². The van der Waals surface area contributed by atoms with Crippen molar-refractivity contribution in [2.75, 3.05) is 32.7 Å². The average Bonchev–Trinajstić information content (AvgIpc) is 3.13. The Hall–Kier alpha value is -1.86. The van der Waals surface area contributed by atoms with Gasteiger partial charge in [0.2, 0.25) is 5.91 Å². The molecular formula is C19H21F3N2OS. The highest BCUT2D eigenvalue weighted by Crippen LogP contribution is 2.29. The van der Waals surface area contributed by atoms with Crippen molar-refractivity contribution in [1.29, 1.82) is 0 Å². The fraction of sp³-hybridized carbons (Fsp3) is 0.421. The summed E-state index contributed by atoms with van der Waals surface area (Å²) in [6, 6.07) is 9.19. The lowest BCUT2D eigenvalue weighted by atomic mass is 10.1. The first-order chi connectivity index (χ1) is 12.4. The lowest BCUT2D eigenvalue weighted by molar-refractivity contribution is -0.138. The molecule has 140 valence electrons. The number of hydrogen-bond acceptors (Lipinski definition) is 3. The number of thiophene rings is 1. The molecule has 0 aliphatic carbocycles. The van der Waals surface area contributed by atoms with Gasteiger partial charge in [0.15, 0.2) is 0 Å². The lowest BCUT2D eigenvalue weighted by Gasteiger charge is -2.34. The summed E-state index contributed by atoms with van der Waals surface area (Å²) in [7, 11) is 0. The van der Waals surface area contributed by atoms with Crippen LogP contribution in [0.15, 0.2) is 41.8 Å². The van der Waals surface area contributed by atoms with Crippen LogP contribution in [-0.4, -0.2) is 48.4 Å². The van der Waals surface area contributed by atoms with E-state index in [0.29, 0.717) is 18.7 Å². The Kier molecular flexibility index (Phi) is 5.98. The average molecular weight is 382 g/mol. The van der Waals surface area contributed by atoms with E-state index in [1.54, 1.807) is 22.3 Å². The van der Waals surface area contributed by atoms with E-state index in [0.717, 1.165) is 38.2 Å². The number of nitrogens with zero attached hydrogens (tertiary/aromatic N) is 2. The first kappa shape index (κ1) is 18.9. The molecule has 7 heteroatoms. The Balaban J connectivity index is 1.48. The van der Waals surface area contributed by atoms with Gasteiger partial charge in [0, 0.05) is 37.6 Å². The Morgan fingerprint density at radius 2 is 1.85 bits per heavy atom. The van der Waals surface area contributed by atoms with Crippen LogP contribution in [0.25, 0.3) is 0 Å². The smallest absolute Gasteiger partial charge is 0.340 e. The van der Waals surface area contributed by atoms with Gasteiger partial charge in [-0.2, -0.15) is 13.2 Å². The van der Waals surface area contributed by atoms with Crippen molar-refractivity contribution in [3.05, 3.63) is 57.8 Å². The van der Waals surface area contributed by atoms with E-state index in [2.05, 4.69) is 16.3 Å². The molecule has 1 fully saturated rings. The third-order valence-electron chi connectivity index (χ3n) is 4.59. The zero-order valence-electron chi connectivity index (χ0n) is 14.3. The highest BCUT2D eigenvalue weighted by atomic mass is 32.1. The van der Waals surface area contributed by atoms with Gasteiger partial charge in [0.25, 0.3) is 0 Å². The van der Waals surface area contributed by atoms with Gasteiger partial charge < -0.3 is 4.90 Å². The molecule has 2 aromatic rings. The number of halogens is 3. The van der Waals surface area contributed by atoms with Crippen molar-refractivity contribution in [2.45, 2.75) is 19.0 Å². The Morgan fingerprint density at radius 1 is 1.08 bits per heavy atom. The predicted octanol–water partition coefficient (Wildman–Crippen LogP) is 3.70. The second-order valence-corrected chi connectivity index (χ2v) is 7.46. The predicted molar refractivity (Wildman–Crippen MR) is 96.2 cm³/mol. The van der Waals surface area contributed by atoms with Gasteiger partial charge >= 0.3 is 6.18 Å². The van der Waals surface area contributed by atoms with E-state index < -0.39 is 11.7 Å². The van der Waals surface area contributed by atoms with E-state index in [-0.39, 0.29) is 12.3 Å². The molecule has 0 radical (unpaired) electrons. The molecule has 1 aromatic carbocycles. The fourth-order valence-corrected chi connectivity index (χ4v) is 3.79. The Morgan fingerprint density at radius 3 is 2.50 bits per heavy atom. The molecule has 0 N–H and O–H groups in total. The van der Waals surface area contributed by atoms with Crippen LogP contribution in [-0.2, 0) is 23.8 Å².